The third-order valence-electron chi connectivity index (χ3n) is 10.3. The summed E-state index contributed by atoms with van der Waals surface area (Å²) in [5, 5.41) is 41.0. The second-order valence-electron chi connectivity index (χ2n) is 16.5. The van der Waals surface area contributed by atoms with Crippen molar-refractivity contribution in [2.45, 2.75) is 85.2 Å². The van der Waals surface area contributed by atoms with Crippen LogP contribution in [0.2, 0.25) is 0 Å². The zero-order valence-corrected chi connectivity index (χ0v) is 46.6. The fourth-order valence-electron chi connectivity index (χ4n) is 6.84. The van der Waals surface area contributed by atoms with Crippen LogP contribution in [0.25, 0.3) is 33.8 Å². The molecule has 8 aromatic heterocycles. The minimum Gasteiger partial charge on any atom is -0.507 e. The number of hydrogen-bond donors (Lipinski definition) is 3. The molecule has 402 valence electrons. The molecule has 77 heavy (non-hydrogen) atoms. The van der Waals surface area contributed by atoms with Crippen molar-refractivity contribution in [3.63, 3.8) is 0 Å². The molecule has 1 aromatic carbocycles. The smallest absolute Gasteiger partial charge is 0.357 e. The highest BCUT2D eigenvalue weighted by Gasteiger charge is 2.17. The average Bonchev–Trinajstić information content (AvgIpc) is 4.21. The molecule has 18 nitrogen and oxygen atoms in total. The monoisotopic (exact) mass is 1200 g/mol. The minimum absolute atomic E-state index is 0.000000000000000444. The maximum atomic E-state index is 11.3. The number of aliphatic hydroxyl groups is 2. The predicted molar refractivity (Wildman–Crippen MR) is 302 cm³/mol. The number of nitrogens with zero attached hydrogens (tertiary/aromatic N) is 11. The number of methoxy groups -OCH3 is 1. The molecule has 9 rings (SSSR count). The zero-order chi connectivity index (χ0) is 63.0. The summed E-state index contributed by atoms with van der Waals surface area (Å²) in [4.78, 5) is 41.9. The minimum atomic E-state index is -2.47. The van der Waals surface area contributed by atoms with Crippen LogP contribution in [0.1, 0.15) is 114 Å². The Morgan fingerprint density at radius 3 is 1.45 bits per heavy atom. The van der Waals surface area contributed by atoms with Gasteiger partial charge in [-0.15, -0.1) is 11.6 Å². The van der Waals surface area contributed by atoms with Gasteiger partial charge in [-0.25, -0.2) is 9.78 Å². The molecular formula is C56H60Br2ClN11O7. The van der Waals surface area contributed by atoms with Gasteiger partial charge in [-0.2, -0.15) is 15.3 Å². The van der Waals surface area contributed by atoms with Crippen LogP contribution >= 0.6 is 43.5 Å². The molecule has 0 aliphatic rings. The van der Waals surface area contributed by atoms with E-state index in [1.807, 2.05) is 52.3 Å². The van der Waals surface area contributed by atoms with Gasteiger partial charge in [-0.05, 0) is 164 Å². The van der Waals surface area contributed by atoms with Gasteiger partial charge in [-0.3, -0.25) is 38.8 Å². The Kier molecular flexibility index (Phi) is 19.7. The number of pyridine rings is 5. The highest BCUT2D eigenvalue weighted by atomic mass is 79.9. The number of rotatable bonds is 14. The lowest BCUT2D eigenvalue weighted by molar-refractivity contribution is 0.0592. The van der Waals surface area contributed by atoms with Crippen LogP contribution in [0, 0.1) is 0 Å². The number of halogens is 3. The van der Waals surface area contributed by atoms with E-state index in [1.165, 1.54) is 56.3 Å². The fourth-order valence-corrected chi connectivity index (χ4v) is 7.75. The van der Waals surface area contributed by atoms with E-state index in [2.05, 4.69) is 76.8 Å². The first-order chi connectivity index (χ1) is 39.9. The fraction of sp³-hybridized carbons (Fsp3) is 0.250. The van der Waals surface area contributed by atoms with Crippen LogP contribution in [-0.2, 0) is 30.2 Å². The van der Waals surface area contributed by atoms with Crippen LogP contribution in [0.5, 0.6) is 11.5 Å². The molecule has 0 fully saturated rings. The number of carbonyl (C=O) groups is 2. The lowest BCUT2D eigenvalue weighted by Crippen LogP contribution is -2.08. The van der Waals surface area contributed by atoms with E-state index in [4.69, 9.17) is 32.4 Å². The quantitative estimate of drug-likeness (QED) is 0.0522. The van der Waals surface area contributed by atoms with E-state index in [-0.39, 0.29) is 58.0 Å². The first-order valence-corrected chi connectivity index (χ1v) is 25.3. The van der Waals surface area contributed by atoms with E-state index in [1.54, 1.807) is 101 Å². The number of phenols is 1. The van der Waals surface area contributed by atoms with Crippen molar-refractivity contribution in [2.75, 3.05) is 7.11 Å². The Bertz CT molecular complexity index is 3550. The number of esters is 1. The number of ether oxygens (including phenoxy) is 2. The average molecular weight is 1200 g/mol. The zero-order valence-electron chi connectivity index (χ0n) is 50.7. The first kappa shape index (κ1) is 49.1. The van der Waals surface area contributed by atoms with Crippen molar-refractivity contribution in [2.24, 2.45) is 0 Å². The van der Waals surface area contributed by atoms with Crippen molar-refractivity contribution in [1.82, 2.24) is 54.3 Å². The molecule has 0 amide bonds. The topological polar surface area (TPSA) is 231 Å². The van der Waals surface area contributed by atoms with Gasteiger partial charge in [-0.1, -0.05) is 6.07 Å². The van der Waals surface area contributed by atoms with Gasteiger partial charge in [0.05, 0.1) is 86.9 Å². The third kappa shape index (κ3) is 16.8. The lowest BCUT2D eigenvalue weighted by Gasteiger charge is -2.15. The number of benzene rings is 1. The molecule has 0 unspecified atom stereocenters. The summed E-state index contributed by atoms with van der Waals surface area (Å²) >= 11 is 12.0. The standard InChI is InChI=1S/C19H19N3O3.C12H14ClN3.C12H15N3O.C7H6BrNO2.C6H6BrNO/c1-13(2)22-17(8-10-21-22)14-5-4-9-20-16(14)12-25-19-7-3-6-18(24)15(19)11-23;1-9(2)16-12(5-7-15-16)10-4-3-6-14-11(10)8-13;1-9(2)15-12(5-7-14-15)10-4-3-6-13-11(10)8-16;1-11-7(10)6-5(8)3-2-4-9-6;7-5-2-1-3-8-6(5)4-9/h3-11,13,24H,12H2,1-2H3;3-7,9H,8H2,1-2H3;3-7,9,16H,8H2,1-2H3;2-4H,1H3;1-3,9H,4H2/i12D2;2*8D2;;4D2. The van der Waals surface area contributed by atoms with Crippen LogP contribution in [0.15, 0.2) is 156 Å². The molecule has 0 saturated carbocycles. The number of hydrogen-bond acceptors (Lipinski definition) is 15. The summed E-state index contributed by atoms with van der Waals surface area (Å²) < 4.78 is 77.3. The van der Waals surface area contributed by atoms with E-state index in [0.717, 1.165) is 11.4 Å². The van der Waals surface area contributed by atoms with Crippen LogP contribution < -0.4 is 4.74 Å². The van der Waals surface area contributed by atoms with Gasteiger partial charge in [0.15, 0.2) is 12.0 Å². The summed E-state index contributed by atoms with van der Waals surface area (Å²) in [5.74, 6) is -2.78. The van der Waals surface area contributed by atoms with Gasteiger partial charge in [0.2, 0.25) is 0 Å². The van der Waals surface area contributed by atoms with Gasteiger partial charge in [0.25, 0.3) is 0 Å². The van der Waals surface area contributed by atoms with E-state index in [0.29, 0.717) is 43.3 Å². The second kappa shape index (κ2) is 30.9. The summed E-state index contributed by atoms with van der Waals surface area (Å²) in [5.41, 5.74) is 4.47. The Hall–Kier alpha value is -7.49. The normalized spacial score (nSPS) is 12.8. The van der Waals surface area contributed by atoms with Crippen molar-refractivity contribution in [3.05, 3.63) is 190 Å². The maximum Gasteiger partial charge on any atom is 0.357 e. The molecule has 21 heteroatoms. The Morgan fingerprint density at radius 1 is 0.597 bits per heavy atom. The van der Waals surface area contributed by atoms with E-state index in [9.17, 15) is 19.8 Å². The molecule has 0 bridgehead atoms. The van der Waals surface area contributed by atoms with Crippen molar-refractivity contribution >= 4 is 55.7 Å². The second-order valence-corrected chi connectivity index (χ2v) is 18.3. The number of alkyl halides is 1. The Balaban J connectivity index is 0.000000202. The molecule has 8 heterocycles. The molecule has 0 atom stereocenters. The molecule has 0 saturated heterocycles. The molecule has 3 N–H and O–H groups in total. The summed E-state index contributed by atoms with van der Waals surface area (Å²) in [6, 6.07) is 27.2. The van der Waals surface area contributed by atoms with Crippen molar-refractivity contribution < 1.29 is 45.3 Å². The Labute approximate surface area is 480 Å². The number of aromatic nitrogens is 11. The first-order valence-electron chi connectivity index (χ1n) is 27.3. The van der Waals surface area contributed by atoms with Gasteiger partial charge < -0.3 is 24.8 Å². The van der Waals surface area contributed by atoms with Gasteiger partial charge >= 0.3 is 5.97 Å². The SMILES string of the molecule is COC(=O)c1ncccc1Br.[2H]C([2H])(Cl)c1ncccc1-c1ccnn1C(C)C.[2H]C([2H])(O)c1ncccc1-c1ccnn1C(C)C.[2H]C([2H])(O)c1ncccc1Br.[2H]C([2H])(Oc1cccc(O)c1C=O)c1ncccc1-c1ccnn1C(C)C. The number of carbonyl (C=O) groups excluding carboxylic acids is 2. The Morgan fingerprint density at radius 2 is 1.03 bits per heavy atom. The molecular weight excluding hydrogens is 1130 g/mol. The van der Waals surface area contributed by atoms with Gasteiger partial charge in [0, 0.05) is 88.9 Å². The number of aromatic hydroxyl groups is 1. The summed E-state index contributed by atoms with van der Waals surface area (Å²) in [6.07, 6.45) is 12.8. The molecule has 0 radical (unpaired) electrons. The number of aldehydes is 1. The molecule has 0 aliphatic carbocycles. The maximum absolute atomic E-state index is 11.3. The highest BCUT2D eigenvalue weighted by Crippen LogP contribution is 2.30. The molecule has 9 aromatic rings. The van der Waals surface area contributed by atoms with Crippen LogP contribution in [-0.4, -0.2) is 88.9 Å². The summed E-state index contributed by atoms with van der Waals surface area (Å²) in [6.45, 7) is 4.75. The third-order valence-corrected chi connectivity index (χ3v) is 11.8. The predicted octanol–water partition coefficient (Wildman–Crippen LogP) is 11.9. The lowest BCUT2D eigenvalue weighted by atomic mass is 10.1. The van der Waals surface area contributed by atoms with E-state index < -0.39 is 31.5 Å². The molecule has 0 aliphatic heterocycles. The highest BCUT2D eigenvalue weighted by molar-refractivity contribution is 9.10. The van der Waals surface area contributed by atoms with E-state index >= 15 is 0 Å². The van der Waals surface area contributed by atoms with Crippen LogP contribution in [0.3, 0.4) is 0 Å². The molecule has 0 spiro atoms. The van der Waals surface area contributed by atoms with Crippen LogP contribution in [0.4, 0.5) is 0 Å². The van der Waals surface area contributed by atoms with Gasteiger partial charge in [0.1, 0.15) is 18.1 Å². The van der Waals surface area contributed by atoms with Crippen molar-refractivity contribution in [1.29, 1.82) is 0 Å². The number of phenolic OH excluding ortho intramolecular Hbond substituents is 1. The van der Waals surface area contributed by atoms with Crippen molar-refractivity contribution in [3.8, 4) is 45.3 Å². The largest absolute Gasteiger partial charge is 0.507 e. The summed E-state index contributed by atoms with van der Waals surface area (Å²) in [7, 11) is 1.32.